The standard InChI is InChI=1S/C19H12ClN3O3S/c20-13-7-5-12(6-8-13)19-23-22-16(26-19)11-25-18(24)10-9-17-21-14-3-1-2-4-15(14)27-17/h1-10H,11H2/b10-9+. The molecule has 0 radical (unpaired) electrons. The Hall–Kier alpha value is -3.03. The number of hydrogen-bond acceptors (Lipinski definition) is 7. The lowest BCUT2D eigenvalue weighted by molar-refractivity contribution is -0.139. The number of carbonyl (C=O) groups excluding carboxylic acids is 1. The second-order valence-corrected chi connectivity index (χ2v) is 6.97. The molecule has 2 aromatic heterocycles. The summed E-state index contributed by atoms with van der Waals surface area (Å²) in [6.07, 6.45) is 2.95. The summed E-state index contributed by atoms with van der Waals surface area (Å²) < 4.78 is 11.7. The van der Waals surface area contributed by atoms with E-state index in [4.69, 9.17) is 20.8 Å². The summed E-state index contributed by atoms with van der Waals surface area (Å²) in [5.74, 6) is 0.0323. The quantitative estimate of drug-likeness (QED) is 0.357. The van der Waals surface area contributed by atoms with Crippen molar-refractivity contribution in [1.82, 2.24) is 15.2 Å². The monoisotopic (exact) mass is 397 g/mol. The second kappa shape index (κ2) is 7.69. The highest BCUT2D eigenvalue weighted by atomic mass is 35.5. The number of rotatable bonds is 5. The molecule has 0 amide bonds. The number of para-hydroxylation sites is 1. The van der Waals surface area contributed by atoms with Gasteiger partial charge in [-0.1, -0.05) is 23.7 Å². The Kier molecular flexibility index (Phi) is 4.95. The number of ether oxygens (including phenoxy) is 1. The zero-order chi connectivity index (χ0) is 18.6. The third-order valence-corrected chi connectivity index (χ3v) is 4.82. The predicted molar refractivity (Wildman–Crippen MR) is 103 cm³/mol. The Labute approximate surface area is 163 Å². The maximum Gasteiger partial charge on any atom is 0.331 e. The summed E-state index contributed by atoms with van der Waals surface area (Å²) in [4.78, 5) is 16.3. The average molecular weight is 398 g/mol. The van der Waals surface area contributed by atoms with Gasteiger partial charge < -0.3 is 9.15 Å². The summed E-state index contributed by atoms with van der Waals surface area (Å²) in [6, 6.07) is 14.8. The fourth-order valence-electron chi connectivity index (χ4n) is 2.30. The van der Waals surface area contributed by atoms with Gasteiger partial charge in [0.15, 0.2) is 6.61 Å². The van der Waals surface area contributed by atoms with Crippen molar-refractivity contribution in [2.24, 2.45) is 0 Å². The highest BCUT2D eigenvalue weighted by Crippen LogP contribution is 2.23. The molecule has 134 valence electrons. The van der Waals surface area contributed by atoms with Gasteiger partial charge in [-0.15, -0.1) is 21.5 Å². The third-order valence-electron chi connectivity index (χ3n) is 3.57. The lowest BCUT2D eigenvalue weighted by Crippen LogP contribution is -2.00. The van der Waals surface area contributed by atoms with Crippen molar-refractivity contribution < 1.29 is 13.9 Å². The third kappa shape index (κ3) is 4.21. The minimum absolute atomic E-state index is 0.108. The highest BCUT2D eigenvalue weighted by Gasteiger charge is 2.10. The largest absolute Gasteiger partial charge is 0.452 e. The normalized spacial score (nSPS) is 11.3. The van der Waals surface area contributed by atoms with Gasteiger partial charge >= 0.3 is 5.97 Å². The molecule has 2 heterocycles. The minimum Gasteiger partial charge on any atom is -0.452 e. The maximum atomic E-state index is 11.9. The van der Waals surface area contributed by atoms with E-state index in [-0.39, 0.29) is 12.5 Å². The van der Waals surface area contributed by atoms with Gasteiger partial charge in [0.05, 0.1) is 10.2 Å². The molecule has 8 heteroatoms. The zero-order valence-electron chi connectivity index (χ0n) is 13.8. The Morgan fingerprint density at radius 2 is 1.96 bits per heavy atom. The maximum absolute atomic E-state index is 11.9. The number of hydrogen-bond donors (Lipinski definition) is 0. The lowest BCUT2D eigenvalue weighted by Gasteiger charge is -1.97. The van der Waals surface area contributed by atoms with E-state index in [0.29, 0.717) is 10.9 Å². The first kappa shape index (κ1) is 17.4. The lowest BCUT2D eigenvalue weighted by atomic mass is 10.2. The van der Waals surface area contributed by atoms with Crippen LogP contribution in [0.15, 0.2) is 59.0 Å². The second-order valence-electron chi connectivity index (χ2n) is 5.47. The molecule has 0 fully saturated rings. The van der Waals surface area contributed by atoms with Crippen LogP contribution in [0.5, 0.6) is 0 Å². The van der Waals surface area contributed by atoms with Crippen LogP contribution in [0.25, 0.3) is 27.7 Å². The van der Waals surface area contributed by atoms with Gasteiger partial charge in [-0.25, -0.2) is 9.78 Å². The van der Waals surface area contributed by atoms with Gasteiger partial charge in [-0.3, -0.25) is 0 Å². The molecule has 0 aliphatic carbocycles. The fourth-order valence-corrected chi connectivity index (χ4v) is 3.30. The minimum atomic E-state index is -0.513. The molecular weight excluding hydrogens is 386 g/mol. The van der Waals surface area contributed by atoms with Gasteiger partial charge in [0.2, 0.25) is 5.89 Å². The Bertz CT molecular complexity index is 1090. The van der Waals surface area contributed by atoms with Crippen LogP contribution in [0.4, 0.5) is 0 Å². The van der Waals surface area contributed by atoms with Crippen LogP contribution < -0.4 is 0 Å². The summed E-state index contributed by atoms with van der Waals surface area (Å²) in [5.41, 5.74) is 1.64. The Morgan fingerprint density at radius 1 is 1.15 bits per heavy atom. The van der Waals surface area contributed by atoms with Crippen LogP contribution in [0.2, 0.25) is 5.02 Å². The molecular formula is C19H12ClN3O3S. The number of benzene rings is 2. The van der Waals surface area contributed by atoms with Gasteiger partial charge in [0.1, 0.15) is 5.01 Å². The van der Waals surface area contributed by atoms with Crippen molar-refractivity contribution in [2.75, 3.05) is 0 Å². The smallest absolute Gasteiger partial charge is 0.331 e. The van der Waals surface area contributed by atoms with Crippen LogP contribution in [-0.2, 0) is 16.1 Å². The van der Waals surface area contributed by atoms with Gasteiger partial charge in [0, 0.05) is 16.7 Å². The van der Waals surface area contributed by atoms with Crippen molar-refractivity contribution in [3.05, 3.63) is 70.5 Å². The van der Waals surface area contributed by atoms with Gasteiger partial charge in [-0.2, -0.15) is 0 Å². The van der Waals surface area contributed by atoms with Crippen LogP contribution in [0.3, 0.4) is 0 Å². The number of halogens is 1. The molecule has 4 aromatic rings. The van der Waals surface area contributed by atoms with Crippen molar-refractivity contribution in [3.8, 4) is 11.5 Å². The summed E-state index contributed by atoms with van der Waals surface area (Å²) in [7, 11) is 0. The molecule has 0 atom stereocenters. The fraction of sp³-hybridized carbons (Fsp3) is 0.0526. The topological polar surface area (TPSA) is 78.1 Å². The number of carbonyl (C=O) groups is 1. The summed E-state index contributed by atoms with van der Waals surface area (Å²) in [6.45, 7) is -0.108. The number of esters is 1. The van der Waals surface area contributed by atoms with Crippen molar-refractivity contribution >= 4 is 45.2 Å². The summed E-state index contributed by atoms with van der Waals surface area (Å²) in [5, 5.41) is 9.16. The van der Waals surface area contributed by atoms with E-state index in [1.807, 2.05) is 24.3 Å². The zero-order valence-corrected chi connectivity index (χ0v) is 15.4. The molecule has 0 aliphatic heterocycles. The SMILES string of the molecule is O=C(/C=C/c1nc2ccccc2s1)OCc1nnc(-c2ccc(Cl)cc2)o1. The molecule has 0 aliphatic rings. The predicted octanol–water partition coefficient (Wildman–Crippen LogP) is 4.76. The molecule has 27 heavy (non-hydrogen) atoms. The Morgan fingerprint density at radius 3 is 2.78 bits per heavy atom. The first-order valence-electron chi connectivity index (χ1n) is 7.96. The molecule has 0 saturated carbocycles. The summed E-state index contributed by atoms with van der Waals surface area (Å²) >= 11 is 7.35. The molecule has 0 bridgehead atoms. The Balaban J connectivity index is 1.35. The van der Waals surface area contributed by atoms with E-state index in [1.54, 1.807) is 30.3 Å². The molecule has 6 nitrogen and oxygen atoms in total. The molecule has 0 N–H and O–H groups in total. The number of aromatic nitrogens is 3. The van der Waals surface area contributed by atoms with Gasteiger partial charge in [0.25, 0.3) is 5.89 Å². The van der Waals surface area contributed by atoms with Crippen LogP contribution >= 0.6 is 22.9 Å². The first-order valence-corrected chi connectivity index (χ1v) is 9.15. The van der Waals surface area contributed by atoms with Crippen LogP contribution in [-0.4, -0.2) is 21.2 Å². The van der Waals surface area contributed by atoms with E-state index in [9.17, 15) is 4.79 Å². The van der Waals surface area contributed by atoms with Crippen molar-refractivity contribution in [1.29, 1.82) is 0 Å². The van der Waals surface area contributed by atoms with E-state index in [2.05, 4.69) is 15.2 Å². The highest BCUT2D eigenvalue weighted by molar-refractivity contribution is 7.19. The van der Waals surface area contributed by atoms with E-state index in [0.717, 1.165) is 20.8 Å². The molecule has 0 saturated heterocycles. The molecule has 0 unspecified atom stereocenters. The number of nitrogens with zero attached hydrogens (tertiary/aromatic N) is 3. The number of thiazole rings is 1. The van der Waals surface area contributed by atoms with Crippen molar-refractivity contribution in [3.63, 3.8) is 0 Å². The van der Waals surface area contributed by atoms with E-state index < -0.39 is 5.97 Å². The van der Waals surface area contributed by atoms with Crippen molar-refractivity contribution in [2.45, 2.75) is 6.61 Å². The van der Waals surface area contributed by atoms with Crippen LogP contribution in [0.1, 0.15) is 10.9 Å². The van der Waals surface area contributed by atoms with E-state index >= 15 is 0 Å². The number of fused-ring (bicyclic) bond motifs is 1. The average Bonchev–Trinajstić information content (AvgIpc) is 3.32. The molecule has 0 spiro atoms. The molecule has 2 aromatic carbocycles. The first-order chi connectivity index (χ1) is 13.2. The van der Waals surface area contributed by atoms with Gasteiger partial charge in [-0.05, 0) is 42.5 Å². The van der Waals surface area contributed by atoms with Crippen LogP contribution in [0, 0.1) is 0 Å². The molecule has 4 rings (SSSR count). The van der Waals surface area contributed by atoms with E-state index in [1.165, 1.54) is 17.4 Å².